The molecule has 0 unspecified atom stereocenters. The lowest BCUT2D eigenvalue weighted by Crippen LogP contribution is -2.43. The molecule has 0 N–H and O–H groups in total. The van der Waals surface area contributed by atoms with E-state index in [4.69, 9.17) is 10.00 Å². The number of rotatable bonds is 1. The van der Waals surface area contributed by atoms with E-state index in [1.54, 1.807) is 20.8 Å². The summed E-state index contributed by atoms with van der Waals surface area (Å²) >= 11 is 0. The Morgan fingerprint density at radius 2 is 2.00 bits per heavy atom. The quantitative estimate of drug-likeness (QED) is 0.659. The number of likely N-dealkylation sites (tertiary alicyclic amines) is 1. The first-order valence-electron chi connectivity index (χ1n) is 5.75. The van der Waals surface area contributed by atoms with E-state index in [1.165, 1.54) is 12.0 Å². The summed E-state index contributed by atoms with van der Waals surface area (Å²) in [4.78, 5) is 24.8. The summed E-state index contributed by atoms with van der Waals surface area (Å²) in [5.74, 6) is -0.875. The minimum absolute atomic E-state index is 0.200. The number of ether oxygens (including phenoxy) is 2. The lowest BCUT2D eigenvalue weighted by molar-refractivity contribution is -0.145. The molecule has 0 aromatic heterocycles. The Kier molecular flexibility index (Phi) is 4.17. The largest absolute Gasteiger partial charge is 0.467 e. The predicted octanol–water partition coefficient (Wildman–Crippen LogP) is 1.31. The number of methoxy groups -OCH3 is 1. The fraction of sp³-hybridized carbons (Fsp3) is 0.750. The lowest BCUT2D eigenvalue weighted by Gasteiger charge is -2.27. The molecule has 0 aromatic rings. The molecule has 1 aliphatic rings. The first-order chi connectivity index (χ1) is 8.28. The predicted molar refractivity (Wildman–Crippen MR) is 62.5 cm³/mol. The average molecular weight is 254 g/mol. The summed E-state index contributed by atoms with van der Waals surface area (Å²) in [6.07, 6.45) is -0.293. The van der Waals surface area contributed by atoms with Crippen molar-refractivity contribution in [3.05, 3.63) is 0 Å². The van der Waals surface area contributed by atoms with Gasteiger partial charge in [-0.2, -0.15) is 5.26 Å². The summed E-state index contributed by atoms with van der Waals surface area (Å²) < 4.78 is 9.85. The highest BCUT2D eigenvalue weighted by Crippen LogP contribution is 2.25. The van der Waals surface area contributed by atoms with Gasteiger partial charge < -0.3 is 9.47 Å². The highest BCUT2D eigenvalue weighted by Gasteiger charge is 2.42. The number of nitrogens with zero attached hydrogens (tertiary/aromatic N) is 2. The minimum Gasteiger partial charge on any atom is -0.467 e. The van der Waals surface area contributed by atoms with Crippen molar-refractivity contribution < 1.29 is 19.1 Å². The molecule has 0 saturated carbocycles. The van der Waals surface area contributed by atoms with E-state index >= 15 is 0 Å². The molecule has 1 saturated heterocycles. The summed E-state index contributed by atoms with van der Waals surface area (Å²) in [7, 11) is 1.26. The molecule has 0 aliphatic carbocycles. The Labute approximate surface area is 106 Å². The van der Waals surface area contributed by atoms with Gasteiger partial charge in [-0.05, 0) is 27.2 Å². The van der Waals surface area contributed by atoms with Gasteiger partial charge in [0.2, 0.25) is 0 Å². The van der Waals surface area contributed by atoms with E-state index in [1.807, 2.05) is 0 Å². The maximum absolute atomic E-state index is 11.9. The number of hydrogen-bond donors (Lipinski definition) is 0. The van der Waals surface area contributed by atoms with Crippen LogP contribution < -0.4 is 0 Å². The smallest absolute Gasteiger partial charge is 0.411 e. The number of nitriles is 1. The maximum atomic E-state index is 11.9. The van der Waals surface area contributed by atoms with Crippen LogP contribution in [-0.4, -0.2) is 42.3 Å². The lowest BCUT2D eigenvalue weighted by atomic mass is 10.1. The summed E-state index contributed by atoms with van der Waals surface area (Å²) in [6.45, 7) is 5.44. The van der Waals surface area contributed by atoms with Gasteiger partial charge in [0.05, 0.1) is 19.1 Å². The fourth-order valence-corrected chi connectivity index (χ4v) is 1.81. The van der Waals surface area contributed by atoms with Crippen molar-refractivity contribution in [1.29, 1.82) is 5.26 Å². The minimum atomic E-state index is -0.727. The van der Waals surface area contributed by atoms with Gasteiger partial charge >= 0.3 is 12.1 Å². The molecular formula is C12H18N2O4. The molecule has 2 atom stereocenters. The second-order valence-corrected chi connectivity index (χ2v) is 5.23. The van der Waals surface area contributed by atoms with Crippen LogP contribution in [0.15, 0.2) is 0 Å². The third kappa shape index (κ3) is 3.36. The van der Waals surface area contributed by atoms with Crippen LogP contribution in [0, 0.1) is 17.2 Å². The van der Waals surface area contributed by atoms with Crippen LogP contribution >= 0.6 is 0 Å². The van der Waals surface area contributed by atoms with Crippen molar-refractivity contribution in [3.63, 3.8) is 0 Å². The topological polar surface area (TPSA) is 79.6 Å². The van der Waals surface area contributed by atoms with Crippen LogP contribution in [0.2, 0.25) is 0 Å². The van der Waals surface area contributed by atoms with Gasteiger partial charge in [0.15, 0.2) is 0 Å². The van der Waals surface area contributed by atoms with E-state index in [2.05, 4.69) is 10.8 Å². The zero-order valence-corrected chi connectivity index (χ0v) is 11.1. The van der Waals surface area contributed by atoms with Gasteiger partial charge in [0.1, 0.15) is 11.6 Å². The fourth-order valence-electron chi connectivity index (χ4n) is 1.81. The SMILES string of the molecule is COC(=O)[C@H]1C[C@@H](C#N)CN1C(=O)OC(C)(C)C. The zero-order valence-electron chi connectivity index (χ0n) is 11.1. The Bertz CT molecular complexity index is 381. The molecule has 0 bridgehead atoms. The van der Waals surface area contributed by atoms with Gasteiger partial charge in [-0.1, -0.05) is 0 Å². The first kappa shape index (κ1) is 14.3. The van der Waals surface area contributed by atoms with Gasteiger partial charge in [0.25, 0.3) is 0 Å². The standard InChI is InChI=1S/C12H18N2O4/c1-12(2,3)18-11(16)14-7-8(6-13)5-9(14)10(15)17-4/h8-9H,5,7H2,1-4H3/t8-,9+/m0/s1. The molecule has 100 valence electrons. The normalized spacial score (nSPS) is 23.4. The summed E-state index contributed by atoms with van der Waals surface area (Å²) in [5, 5.41) is 8.89. The Hall–Kier alpha value is -1.77. The van der Waals surface area contributed by atoms with Crippen LogP contribution in [0.4, 0.5) is 4.79 Å². The third-order valence-electron chi connectivity index (χ3n) is 2.58. The first-order valence-corrected chi connectivity index (χ1v) is 5.75. The molecular weight excluding hydrogens is 236 g/mol. The van der Waals surface area contributed by atoms with E-state index < -0.39 is 23.7 Å². The molecule has 1 amide bonds. The average Bonchev–Trinajstić information content (AvgIpc) is 2.69. The van der Waals surface area contributed by atoms with Crippen molar-refractivity contribution >= 4 is 12.1 Å². The Balaban J connectivity index is 2.81. The second kappa shape index (κ2) is 5.25. The molecule has 6 nitrogen and oxygen atoms in total. The van der Waals surface area contributed by atoms with Crippen LogP contribution in [0.1, 0.15) is 27.2 Å². The number of hydrogen-bond acceptors (Lipinski definition) is 5. The Morgan fingerprint density at radius 3 is 2.44 bits per heavy atom. The van der Waals surface area contributed by atoms with Gasteiger partial charge in [-0.3, -0.25) is 4.90 Å². The van der Waals surface area contributed by atoms with E-state index in [-0.39, 0.29) is 12.5 Å². The molecule has 0 radical (unpaired) electrons. The van der Waals surface area contributed by atoms with Crippen LogP contribution in [0.3, 0.4) is 0 Å². The molecule has 0 aromatic carbocycles. The van der Waals surface area contributed by atoms with Crippen LogP contribution in [0.5, 0.6) is 0 Å². The van der Waals surface area contributed by atoms with Crippen LogP contribution in [0.25, 0.3) is 0 Å². The van der Waals surface area contributed by atoms with E-state index in [9.17, 15) is 9.59 Å². The number of amides is 1. The maximum Gasteiger partial charge on any atom is 0.411 e. The van der Waals surface area contributed by atoms with Crippen molar-refractivity contribution in [3.8, 4) is 6.07 Å². The summed E-state index contributed by atoms with van der Waals surface area (Å²) in [5.41, 5.74) is -0.636. The van der Waals surface area contributed by atoms with Gasteiger partial charge in [0, 0.05) is 6.54 Å². The molecule has 1 heterocycles. The van der Waals surface area contributed by atoms with E-state index in [0.717, 1.165) is 0 Å². The van der Waals surface area contributed by atoms with Gasteiger partial charge in [-0.25, -0.2) is 9.59 Å². The third-order valence-corrected chi connectivity index (χ3v) is 2.58. The molecule has 1 rings (SSSR count). The highest BCUT2D eigenvalue weighted by atomic mass is 16.6. The van der Waals surface area contributed by atoms with Crippen LogP contribution in [-0.2, 0) is 14.3 Å². The number of esters is 1. The second-order valence-electron chi connectivity index (χ2n) is 5.23. The van der Waals surface area contributed by atoms with Gasteiger partial charge in [-0.15, -0.1) is 0 Å². The number of carbonyl (C=O) groups is 2. The van der Waals surface area contributed by atoms with E-state index in [0.29, 0.717) is 6.42 Å². The molecule has 6 heteroatoms. The molecule has 0 spiro atoms. The summed E-state index contributed by atoms with van der Waals surface area (Å²) in [6, 6.07) is 1.34. The molecule has 18 heavy (non-hydrogen) atoms. The number of carbonyl (C=O) groups excluding carboxylic acids is 2. The zero-order chi connectivity index (χ0) is 13.9. The van der Waals surface area contributed by atoms with Crippen molar-refractivity contribution in [2.75, 3.05) is 13.7 Å². The monoisotopic (exact) mass is 254 g/mol. The Morgan fingerprint density at radius 1 is 1.39 bits per heavy atom. The molecule has 1 fully saturated rings. The van der Waals surface area contributed by atoms with Crippen molar-refractivity contribution in [1.82, 2.24) is 4.90 Å². The van der Waals surface area contributed by atoms with Crippen molar-refractivity contribution in [2.45, 2.75) is 38.8 Å². The highest BCUT2D eigenvalue weighted by molar-refractivity contribution is 5.82. The van der Waals surface area contributed by atoms with Crippen molar-refractivity contribution in [2.24, 2.45) is 5.92 Å². The molecule has 1 aliphatic heterocycles.